The summed E-state index contributed by atoms with van der Waals surface area (Å²) in [4.78, 5) is 15.0. The average Bonchev–Trinajstić information content (AvgIpc) is 3.25. The third-order valence-corrected chi connectivity index (χ3v) is 4.90. The highest BCUT2D eigenvalue weighted by molar-refractivity contribution is 5.93. The number of benzene rings is 1. The fraction of sp³-hybridized carbons (Fsp3) is 0.474. The van der Waals surface area contributed by atoms with E-state index in [0.717, 1.165) is 36.5 Å². The van der Waals surface area contributed by atoms with E-state index in [9.17, 15) is 4.79 Å². The van der Waals surface area contributed by atoms with Crippen molar-refractivity contribution in [2.24, 2.45) is 7.05 Å². The van der Waals surface area contributed by atoms with Crippen LogP contribution >= 0.6 is 0 Å². The van der Waals surface area contributed by atoms with Crippen LogP contribution in [-0.2, 0) is 7.05 Å². The number of likely N-dealkylation sites (tertiary alicyclic amines) is 1. The average molecular weight is 342 g/mol. The molecule has 25 heavy (non-hydrogen) atoms. The van der Waals surface area contributed by atoms with Crippen LogP contribution in [0.1, 0.15) is 30.3 Å². The van der Waals surface area contributed by atoms with Crippen molar-refractivity contribution in [3.05, 3.63) is 36.0 Å². The van der Waals surface area contributed by atoms with Gasteiger partial charge in [-0.05, 0) is 56.3 Å². The maximum Gasteiger partial charge on any atom is 0.269 e. The van der Waals surface area contributed by atoms with Gasteiger partial charge in [0.1, 0.15) is 11.4 Å². The molecule has 0 unspecified atom stereocenters. The van der Waals surface area contributed by atoms with Crippen LogP contribution in [0.15, 0.2) is 30.3 Å². The molecule has 1 fully saturated rings. The Morgan fingerprint density at radius 3 is 2.80 bits per heavy atom. The topological polar surface area (TPSA) is 59.4 Å². The van der Waals surface area contributed by atoms with Gasteiger partial charge in [-0.2, -0.15) is 5.10 Å². The minimum absolute atomic E-state index is 0.0716. The molecule has 1 aliphatic rings. The predicted octanol–water partition coefficient (Wildman–Crippen LogP) is 2.31. The molecule has 2 aromatic rings. The monoisotopic (exact) mass is 342 g/mol. The number of carbonyl (C=O) groups is 1. The van der Waals surface area contributed by atoms with Crippen molar-refractivity contribution >= 4 is 5.91 Å². The Hall–Kier alpha value is -2.34. The molecular formula is C19H26N4O2. The van der Waals surface area contributed by atoms with Crippen LogP contribution < -0.4 is 10.1 Å². The van der Waals surface area contributed by atoms with Crippen LogP contribution in [0.2, 0.25) is 0 Å². The third-order valence-electron chi connectivity index (χ3n) is 4.90. The van der Waals surface area contributed by atoms with Gasteiger partial charge < -0.3 is 10.1 Å². The number of hydrogen-bond donors (Lipinski definition) is 1. The first kappa shape index (κ1) is 17.5. The number of aromatic nitrogens is 2. The second kappa shape index (κ2) is 7.70. The minimum atomic E-state index is -0.0716. The Labute approximate surface area is 148 Å². The Morgan fingerprint density at radius 2 is 2.12 bits per heavy atom. The highest BCUT2D eigenvalue weighted by Gasteiger charge is 2.24. The van der Waals surface area contributed by atoms with Gasteiger partial charge in [0.05, 0.1) is 12.8 Å². The molecule has 0 aliphatic carbocycles. The number of carbonyl (C=O) groups excluding carboxylic acids is 1. The van der Waals surface area contributed by atoms with Gasteiger partial charge in [0.25, 0.3) is 5.91 Å². The zero-order valence-corrected chi connectivity index (χ0v) is 15.2. The van der Waals surface area contributed by atoms with Crippen molar-refractivity contribution in [3.8, 4) is 17.0 Å². The Kier molecular flexibility index (Phi) is 5.38. The normalized spacial score (nSPS) is 17.6. The molecule has 0 saturated carbocycles. The first-order valence-electron chi connectivity index (χ1n) is 8.83. The van der Waals surface area contributed by atoms with E-state index in [1.165, 1.54) is 6.42 Å². The summed E-state index contributed by atoms with van der Waals surface area (Å²) in [5.74, 6) is 0.729. The summed E-state index contributed by atoms with van der Waals surface area (Å²) >= 11 is 0. The van der Waals surface area contributed by atoms with E-state index >= 15 is 0 Å². The predicted molar refractivity (Wildman–Crippen MR) is 97.8 cm³/mol. The maximum atomic E-state index is 12.6. The number of ether oxygens (including phenoxy) is 1. The molecule has 0 spiro atoms. The summed E-state index contributed by atoms with van der Waals surface area (Å²) < 4.78 is 6.82. The molecular weight excluding hydrogens is 316 g/mol. The second-order valence-corrected chi connectivity index (χ2v) is 6.40. The highest BCUT2D eigenvalue weighted by Crippen LogP contribution is 2.22. The summed E-state index contributed by atoms with van der Waals surface area (Å²) in [6.45, 7) is 5.02. The molecule has 1 N–H and O–H groups in total. The fourth-order valence-electron chi connectivity index (χ4n) is 3.43. The summed E-state index contributed by atoms with van der Waals surface area (Å²) in [7, 11) is 3.44. The van der Waals surface area contributed by atoms with Crippen LogP contribution in [-0.4, -0.2) is 53.4 Å². The van der Waals surface area contributed by atoms with Crippen molar-refractivity contribution < 1.29 is 9.53 Å². The minimum Gasteiger partial charge on any atom is -0.497 e. The van der Waals surface area contributed by atoms with Crippen molar-refractivity contribution in [3.63, 3.8) is 0 Å². The second-order valence-electron chi connectivity index (χ2n) is 6.40. The van der Waals surface area contributed by atoms with E-state index in [2.05, 4.69) is 22.2 Å². The number of likely N-dealkylation sites (N-methyl/N-ethyl adjacent to an activating group) is 1. The Balaban J connectivity index is 1.67. The van der Waals surface area contributed by atoms with Crippen molar-refractivity contribution in [2.45, 2.75) is 25.8 Å². The molecule has 0 radical (unpaired) electrons. The van der Waals surface area contributed by atoms with Gasteiger partial charge in [-0.3, -0.25) is 14.4 Å². The number of nitrogens with zero attached hydrogens (tertiary/aromatic N) is 3. The molecule has 3 rings (SSSR count). The van der Waals surface area contributed by atoms with E-state index < -0.39 is 0 Å². The van der Waals surface area contributed by atoms with Gasteiger partial charge in [0.15, 0.2) is 0 Å². The van der Waals surface area contributed by atoms with Gasteiger partial charge >= 0.3 is 0 Å². The first-order valence-corrected chi connectivity index (χ1v) is 8.83. The zero-order chi connectivity index (χ0) is 17.8. The largest absolute Gasteiger partial charge is 0.497 e. The van der Waals surface area contributed by atoms with E-state index in [4.69, 9.17) is 4.74 Å². The van der Waals surface area contributed by atoms with Crippen molar-refractivity contribution in [2.75, 3.05) is 26.7 Å². The fourth-order valence-corrected chi connectivity index (χ4v) is 3.43. The van der Waals surface area contributed by atoms with Crippen LogP contribution in [0.5, 0.6) is 5.75 Å². The molecule has 6 nitrogen and oxygen atoms in total. The molecule has 1 aliphatic heterocycles. The van der Waals surface area contributed by atoms with E-state index in [1.807, 2.05) is 30.3 Å². The van der Waals surface area contributed by atoms with Crippen LogP contribution in [0, 0.1) is 0 Å². The van der Waals surface area contributed by atoms with Crippen LogP contribution in [0.4, 0.5) is 0 Å². The lowest BCUT2D eigenvalue weighted by molar-refractivity contribution is 0.0932. The summed E-state index contributed by atoms with van der Waals surface area (Å²) in [5, 5.41) is 7.54. The lowest BCUT2D eigenvalue weighted by Gasteiger charge is -2.22. The number of aryl methyl sites for hydroxylation is 1. The standard InChI is InChI=1S/C19H26N4O2/c1-4-23-11-5-6-15(23)13-20-19(24)18-12-17(21-22(18)2)14-7-9-16(25-3)10-8-14/h7-10,12,15H,4-6,11,13H2,1-3H3,(H,20,24)/t15-/m1/s1. The highest BCUT2D eigenvalue weighted by atomic mass is 16.5. The van der Waals surface area contributed by atoms with Gasteiger partial charge in [-0.1, -0.05) is 6.92 Å². The van der Waals surface area contributed by atoms with Gasteiger partial charge in [0, 0.05) is 25.2 Å². The molecule has 6 heteroatoms. The first-order chi connectivity index (χ1) is 12.1. The molecule has 134 valence electrons. The zero-order valence-electron chi connectivity index (χ0n) is 15.2. The van der Waals surface area contributed by atoms with E-state index in [0.29, 0.717) is 18.3 Å². The van der Waals surface area contributed by atoms with E-state index in [-0.39, 0.29) is 5.91 Å². The van der Waals surface area contributed by atoms with Gasteiger partial charge in [-0.15, -0.1) is 0 Å². The lowest BCUT2D eigenvalue weighted by atomic mass is 10.1. The number of methoxy groups -OCH3 is 1. The molecule has 2 heterocycles. The van der Waals surface area contributed by atoms with Crippen molar-refractivity contribution in [1.82, 2.24) is 20.0 Å². The van der Waals surface area contributed by atoms with Crippen molar-refractivity contribution in [1.29, 1.82) is 0 Å². The quantitative estimate of drug-likeness (QED) is 0.875. The number of amides is 1. The van der Waals surface area contributed by atoms with E-state index in [1.54, 1.807) is 18.8 Å². The van der Waals surface area contributed by atoms with Crippen LogP contribution in [0.3, 0.4) is 0 Å². The summed E-state index contributed by atoms with van der Waals surface area (Å²) in [6.07, 6.45) is 2.36. The molecule has 1 saturated heterocycles. The van der Waals surface area contributed by atoms with Gasteiger partial charge in [0.2, 0.25) is 0 Å². The van der Waals surface area contributed by atoms with Crippen LogP contribution in [0.25, 0.3) is 11.3 Å². The summed E-state index contributed by atoms with van der Waals surface area (Å²) in [5.41, 5.74) is 2.32. The smallest absolute Gasteiger partial charge is 0.269 e. The molecule has 1 atom stereocenters. The molecule has 1 aromatic carbocycles. The maximum absolute atomic E-state index is 12.6. The number of rotatable bonds is 6. The Morgan fingerprint density at radius 1 is 1.36 bits per heavy atom. The Bertz CT molecular complexity index is 724. The number of nitrogens with one attached hydrogen (secondary N) is 1. The SMILES string of the molecule is CCN1CCC[C@@H]1CNC(=O)c1cc(-c2ccc(OC)cc2)nn1C. The number of hydrogen-bond acceptors (Lipinski definition) is 4. The third kappa shape index (κ3) is 3.85. The molecule has 1 aromatic heterocycles. The lowest BCUT2D eigenvalue weighted by Crippen LogP contribution is -2.40. The molecule has 1 amide bonds. The molecule has 0 bridgehead atoms. The van der Waals surface area contributed by atoms with Gasteiger partial charge in [-0.25, -0.2) is 0 Å². The summed E-state index contributed by atoms with van der Waals surface area (Å²) in [6, 6.07) is 9.96.